The van der Waals surface area contributed by atoms with Crippen molar-refractivity contribution in [2.45, 2.75) is 12.8 Å². The fourth-order valence-corrected chi connectivity index (χ4v) is 4.19. The van der Waals surface area contributed by atoms with Crippen molar-refractivity contribution in [2.24, 2.45) is 0 Å². The predicted octanol–water partition coefficient (Wildman–Crippen LogP) is 6.52. The molecule has 0 atom stereocenters. The summed E-state index contributed by atoms with van der Waals surface area (Å²) >= 11 is 0. The second kappa shape index (κ2) is 6.44. The van der Waals surface area contributed by atoms with Gasteiger partial charge in [-0.25, -0.2) is 0 Å². The normalized spacial score (nSPS) is 13.5. The number of phenolic OH excluding ortho intramolecular Hbond substituents is 1. The Morgan fingerprint density at radius 2 is 1.22 bits per heavy atom. The van der Waals surface area contributed by atoms with E-state index in [4.69, 9.17) is 0 Å². The summed E-state index contributed by atoms with van der Waals surface area (Å²) in [4.78, 5) is 0. The van der Waals surface area contributed by atoms with E-state index in [9.17, 15) is 5.11 Å². The van der Waals surface area contributed by atoms with Crippen LogP contribution in [0.1, 0.15) is 22.3 Å². The van der Waals surface area contributed by atoms with E-state index in [0.717, 1.165) is 18.4 Å². The molecule has 130 valence electrons. The summed E-state index contributed by atoms with van der Waals surface area (Å²) < 4.78 is 0. The zero-order valence-electron chi connectivity index (χ0n) is 15.0. The maximum absolute atomic E-state index is 9.72. The number of aromatic hydroxyl groups is 1. The molecule has 0 saturated carbocycles. The number of phenols is 1. The summed E-state index contributed by atoms with van der Waals surface area (Å²) in [6, 6.07) is 23.0. The molecule has 0 unspecified atom stereocenters. The molecule has 6 rings (SSSR count). The minimum Gasteiger partial charge on any atom is -0.507 e. The quantitative estimate of drug-likeness (QED) is 0.383. The van der Waals surface area contributed by atoms with Crippen LogP contribution < -0.4 is 0 Å². The van der Waals surface area contributed by atoms with Gasteiger partial charge in [0.15, 0.2) is 0 Å². The van der Waals surface area contributed by atoms with Crippen LogP contribution in [-0.2, 0) is 12.8 Å². The maximum Gasteiger partial charge on any atom is 0.123 e. The molecule has 0 bridgehead atoms. The van der Waals surface area contributed by atoms with E-state index in [1.807, 2.05) is 12.1 Å². The highest BCUT2D eigenvalue weighted by molar-refractivity contribution is 5.97. The predicted molar refractivity (Wildman–Crippen MR) is 115 cm³/mol. The fourth-order valence-electron chi connectivity index (χ4n) is 4.19. The third-order valence-corrected chi connectivity index (χ3v) is 5.43. The zero-order valence-corrected chi connectivity index (χ0v) is 15.0. The first kappa shape index (κ1) is 15.9. The Hall–Kier alpha value is -3.32. The van der Waals surface area contributed by atoms with Crippen molar-refractivity contribution in [3.63, 3.8) is 0 Å². The van der Waals surface area contributed by atoms with Crippen molar-refractivity contribution < 1.29 is 5.11 Å². The molecule has 0 aromatic heterocycles. The first-order chi connectivity index (χ1) is 13.3. The monoisotopic (exact) mass is 348 g/mol. The Labute approximate surface area is 158 Å². The highest BCUT2D eigenvalue weighted by Gasteiger charge is 2.10. The molecule has 4 aromatic carbocycles. The van der Waals surface area contributed by atoms with Gasteiger partial charge in [-0.3, -0.25) is 0 Å². The highest BCUT2D eigenvalue weighted by atomic mass is 16.3. The topological polar surface area (TPSA) is 20.2 Å². The number of rotatable bonds is 0. The Kier molecular flexibility index (Phi) is 3.79. The van der Waals surface area contributed by atoms with Crippen LogP contribution in [0.25, 0.3) is 33.7 Å². The molecule has 2 aliphatic carbocycles. The molecule has 0 aliphatic heterocycles. The van der Waals surface area contributed by atoms with Gasteiger partial charge in [0, 0.05) is 5.56 Å². The van der Waals surface area contributed by atoms with Gasteiger partial charge in [-0.1, -0.05) is 85.0 Å². The largest absolute Gasteiger partial charge is 0.507 e. The lowest BCUT2D eigenvalue weighted by Gasteiger charge is -2.13. The second-order valence-electron chi connectivity index (χ2n) is 7.09. The van der Waals surface area contributed by atoms with Gasteiger partial charge >= 0.3 is 0 Å². The Morgan fingerprint density at radius 3 is 2.00 bits per heavy atom. The first-order valence-electron chi connectivity index (χ1n) is 9.38. The van der Waals surface area contributed by atoms with E-state index < -0.39 is 0 Å². The van der Waals surface area contributed by atoms with E-state index >= 15 is 0 Å². The van der Waals surface area contributed by atoms with E-state index in [0.29, 0.717) is 5.75 Å². The van der Waals surface area contributed by atoms with Crippen LogP contribution >= 0.6 is 0 Å². The van der Waals surface area contributed by atoms with Gasteiger partial charge in [0.05, 0.1) is 0 Å². The SMILES string of the molecule is C1=Cc2cccc3cccc(c23)C1.Oc1ccc2cccc3c2c1C=CC3. The van der Waals surface area contributed by atoms with Crippen LogP contribution in [-0.4, -0.2) is 5.11 Å². The molecule has 0 fully saturated rings. The minimum absolute atomic E-state index is 0.376. The van der Waals surface area contributed by atoms with Gasteiger partial charge < -0.3 is 5.11 Å². The highest BCUT2D eigenvalue weighted by Crippen LogP contribution is 2.34. The molecule has 0 heterocycles. The average Bonchev–Trinajstić information content (AvgIpc) is 2.72. The molecule has 2 aliphatic rings. The van der Waals surface area contributed by atoms with E-state index in [-0.39, 0.29) is 0 Å². The van der Waals surface area contributed by atoms with Crippen LogP contribution in [0.3, 0.4) is 0 Å². The van der Waals surface area contributed by atoms with Crippen LogP contribution in [0.5, 0.6) is 5.75 Å². The van der Waals surface area contributed by atoms with Crippen LogP contribution in [0.15, 0.2) is 78.9 Å². The van der Waals surface area contributed by atoms with Crippen LogP contribution in [0.4, 0.5) is 0 Å². The van der Waals surface area contributed by atoms with Crippen molar-refractivity contribution in [3.05, 3.63) is 101 Å². The lowest BCUT2D eigenvalue weighted by Crippen LogP contribution is -1.92. The lowest BCUT2D eigenvalue weighted by atomic mass is 9.93. The molecule has 0 radical (unpaired) electrons. The van der Waals surface area contributed by atoms with Gasteiger partial charge in [0.2, 0.25) is 0 Å². The molecule has 4 aromatic rings. The minimum atomic E-state index is 0.376. The summed E-state index contributed by atoms with van der Waals surface area (Å²) in [6.07, 6.45) is 10.6. The Morgan fingerprint density at radius 1 is 0.593 bits per heavy atom. The van der Waals surface area contributed by atoms with E-state index in [1.54, 1.807) is 6.07 Å². The van der Waals surface area contributed by atoms with Crippen LogP contribution in [0, 0.1) is 0 Å². The lowest BCUT2D eigenvalue weighted by molar-refractivity contribution is 0.475. The van der Waals surface area contributed by atoms with Crippen LogP contribution in [0.2, 0.25) is 0 Å². The second-order valence-corrected chi connectivity index (χ2v) is 7.09. The average molecular weight is 348 g/mol. The van der Waals surface area contributed by atoms with Gasteiger partial charge in [-0.05, 0) is 57.1 Å². The summed E-state index contributed by atoms with van der Waals surface area (Å²) in [5.41, 5.74) is 5.08. The summed E-state index contributed by atoms with van der Waals surface area (Å²) in [6.45, 7) is 0. The molecular weight excluding hydrogens is 328 g/mol. The van der Waals surface area contributed by atoms with Crippen molar-refractivity contribution in [2.75, 3.05) is 0 Å². The molecule has 0 spiro atoms. The van der Waals surface area contributed by atoms with Crippen molar-refractivity contribution in [3.8, 4) is 5.75 Å². The standard InChI is InChI=1S/C13H10O.C13H10/c14-12-8-7-10-4-1-3-9-5-2-6-11(12)13(9)10;1-4-10-6-2-8-12-9-3-7-11(5-1)13(10)12/h1-4,6-8,14H,5H2;1-8H,9H2. The van der Waals surface area contributed by atoms with Crippen molar-refractivity contribution in [1.29, 1.82) is 0 Å². The van der Waals surface area contributed by atoms with Gasteiger partial charge in [-0.2, -0.15) is 0 Å². The number of hydrogen-bond donors (Lipinski definition) is 1. The van der Waals surface area contributed by atoms with Gasteiger partial charge in [0.25, 0.3) is 0 Å². The number of benzene rings is 4. The molecule has 1 N–H and O–H groups in total. The zero-order chi connectivity index (χ0) is 18.2. The third kappa shape index (κ3) is 2.72. The van der Waals surface area contributed by atoms with Gasteiger partial charge in [0.1, 0.15) is 5.75 Å². The van der Waals surface area contributed by atoms with Crippen molar-refractivity contribution in [1.82, 2.24) is 0 Å². The molecular formula is C26H20O. The number of allylic oxidation sites excluding steroid dienone is 2. The third-order valence-electron chi connectivity index (χ3n) is 5.43. The smallest absolute Gasteiger partial charge is 0.123 e. The summed E-state index contributed by atoms with van der Waals surface area (Å²) in [7, 11) is 0. The van der Waals surface area contributed by atoms with E-state index in [1.165, 1.54) is 38.2 Å². The summed E-state index contributed by atoms with van der Waals surface area (Å²) in [5, 5.41) is 14.9. The Bertz CT molecular complexity index is 1220. The maximum atomic E-state index is 9.72. The molecule has 0 amide bonds. The Balaban J connectivity index is 0.000000119. The first-order valence-corrected chi connectivity index (χ1v) is 9.38. The summed E-state index contributed by atoms with van der Waals surface area (Å²) in [5.74, 6) is 0.376. The molecule has 27 heavy (non-hydrogen) atoms. The molecule has 1 nitrogen and oxygen atoms in total. The molecule has 1 heteroatoms. The van der Waals surface area contributed by atoms with Gasteiger partial charge in [-0.15, -0.1) is 0 Å². The van der Waals surface area contributed by atoms with Crippen molar-refractivity contribution >= 4 is 33.7 Å². The molecule has 0 saturated heterocycles. The number of hydrogen-bond acceptors (Lipinski definition) is 1. The van der Waals surface area contributed by atoms with E-state index in [2.05, 4.69) is 72.8 Å². The fraction of sp³-hybridized carbons (Fsp3) is 0.0769.